The molecule has 2 aliphatic heterocycles. The van der Waals surface area contributed by atoms with Crippen LogP contribution in [0.15, 0.2) is 18.2 Å². The first kappa shape index (κ1) is 19.4. The summed E-state index contributed by atoms with van der Waals surface area (Å²) in [6.45, 7) is 1.01. The Morgan fingerprint density at radius 3 is 2.63 bits per heavy atom. The summed E-state index contributed by atoms with van der Waals surface area (Å²) in [5.41, 5.74) is 0.294. The number of carboxylic acid groups (broad SMARTS) is 1. The molecule has 0 radical (unpaired) electrons. The summed E-state index contributed by atoms with van der Waals surface area (Å²) in [6, 6.07) is 4.88. The average molecular weight is 396 g/mol. The maximum absolute atomic E-state index is 11.8. The minimum Gasteiger partial charge on any atom is -0.481 e. The normalized spacial score (nSPS) is 22.3. The van der Waals surface area contributed by atoms with Gasteiger partial charge in [0.05, 0.1) is 22.7 Å². The number of aliphatic hydroxyl groups is 1. The van der Waals surface area contributed by atoms with E-state index in [-0.39, 0.29) is 18.2 Å². The lowest BCUT2D eigenvalue weighted by Crippen LogP contribution is -2.47. The SMILES string of the molecule is O=C(O)CC1(O)CCN(c2ccc(N[C@@H]3CCC(=O)NC3=O)cc2Cl)CC1. The number of aliphatic carboxylic acids is 1. The molecule has 0 saturated carbocycles. The molecule has 2 aliphatic rings. The van der Waals surface area contributed by atoms with Crippen LogP contribution in [0.5, 0.6) is 0 Å². The van der Waals surface area contributed by atoms with E-state index in [0.29, 0.717) is 49.5 Å². The summed E-state index contributed by atoms with van der Waals surface area (Å²) in [7, 11) is 0. The van der Waals surface area contributed by atoms with E-state index in [4.69, 9.17) is 16.7 Å². The molecule has 1 aromatic carbocycles. The summed E-state index contributed by atoms with van der Waals surface area (Å²) in [6.07, 6.45) is 1.17. The van der Waals surface area contributed by atoms with Crippen molar-refractivity contribution >= 4 is 40.8 Å². The number of carboxylic acids is 1. The fourth-order valence-corrected chi connectivity index (χ4v) is 3.81. The number of amides is 2. The zero-order chi connectivity index (χ0) is 19.6. The van der Waals surface area contributed by atoms with Gasteiger partial charge >= 0.3 is 5.97 Å². The maximum atomic E-state index is 11.8. The molecular weight excluding hydrogens is 374 g/mol. The van der Waals surface area contributed by atoms with Crippen molar-refractivity contribution in [2.45, 2.75) is 43.7 Å². The molecule has 0 bridgehead atoms. The molecule has 8 nitrogen and oxygen atoms in total. The molecule has 2 heterocycles. The van der Waals surface area contributed by atoms with E-state index in [2.05, 4.69) is 10.6 Å². The van der Waals surface area contributed by atoms with Crippen LogP contribution in [-0.2, 0) is 14.4 Å². The number of nitrogens with one attached hydrogen (secondary N) is 2. The van der Waals surface area contributed by atoms with Crippen molar-refractivity contribution in [3.05, 3.63) is 23.2 Å². The highest BCUT2D eigenvalue weighted by atomic mass is 35.5. The molecule has 1 atom stereocenters. The minimum absolute atomic E-state index is 0.261. The number of piperidine rings is 2. The molecule has 3 rings (SSSR count). The molecule has 1 aromatic rings. The van der Waals surface area contributed by atoms with E-state index in [9.17, 15) is 19.5 Å². The largest absolute Gasteiger partial charge is 0.481 e. The van der Waals surface area contributed by atoms with Gasteiger partial charge in [-0.25, -0.2) is 0 Å². The number of hydrogen-bond acceptors (Lipinski definition) is 6. The van der Waals surface area contributed by atoms with Gasteiger partial charge in [0.1, 0.15) is 6.04 Å². The monoisotopic (exact) mass is 395 g/mol. The Bertz CT molecular complexity index is 761. The quantitative estimate of drug-likeness (QED) is 0.556. The molecule has 4 N–H and O–H groups in total. The third kappa shape index (κ3) is 4.70. The topological polar surface area (TPSA) is 119 Å². The Morgan fingerprint density at radius 1 is 1.33 bits per heavy atom. The van der Waals surface area contributed by atoms with Gasteiger partial charge in [0, 0.05) is 25.2 Å². The summed E-state index contributed by atoms with van der Waals surface area (Å²) in [5, 5.41) is 25.1. The molecule has 0 aliphatic carbocycles. The predicted octanol–water partition coefficient (Wildman–Crippen LogP) is 1.36. The molecule has 2 saturated heterocycles. The lowest BCUT2D eigenvalue weighted by molar-refractivity contribution is -0.143. The van der Waals surface area contributed by atoms with Crippen molar-refractivity contribution in [1.29, 1.82) is 0 Å². The molecule has 0 spiro atoms. The average Bonchev–Trinajstić information content (AvgIpc) is 2.58. The Morgan fingerprint density at radius 2 is 2.04 bits per heavy atom. The number of benzene rings is 1. The van der Waals surface area contributed by atoms with Crippen LogP contribution in [0.1, 0.15) is 32.1 Å². The summed E-state index contributed by atoms with van der Waals surface area (Å²) in [5.74, 6) is -1.62. The van der Waals surface area contributed by atoms with E-state index in [1.54, 1.807) is 6.07 Å². The van der Waals surface area contributed by atoms with Gasteiger partial charge in [-0.1, -0.05) is 11.6 Å². The van der Waals surface area contributed by atoms with E-state index < -0.39 is 17.6 Å². The summed E-state index contributed by atoms with van der Waals surface area (Å²) >= 11 is 6.40. The Hall–Kier alpha value is -2.32. The number of rotatable bonds is 5. The van der Waals surface area contributed by atoms with Crippen molar-refractivity contribution in [3.8, 4) is 0 Å². The lowest BCUT2D eigenvalue weighted by atomic mass is 9.88. The van der Waals surface area contributed by atoms with Gasteiger partial charge in [0.25, 0.3) is 0 Å². The first-order chi connectivity index (χ1) is 12.8. The zero-order valence-electron chi connectivity index (χ0n) is 14.7. The van der Waals surface area contributed by atoms with E-state index in [0.717, 1.165) is 5.69 Å². The zero-order valence-corrected chi connectivity index (χ0v) is 15.5. The number of nitrogens with zero attached hydrogens (tertiary/aromatic N) is 1. The van der Waals surface area contributed by atoms with Gasteiger partial charge in [-0.05, 0) is 37.5 Å². The van der Waals surface area contributed by atoms with E-state index >= 15 is 0 Å². The van der Waals surface area contributed by atoms with Crippen molar-refractivity contribution in [3.63, 3.8) is 0 Å². The van der Waals surface area contributed by atoms with Crippen LogP contribution in [-0.4, -0.2) is 52.7 Å². The first-order valence-electron chi connectivity index (χ1n) is 8.85. The number of hydrogen-bond donors (Lipinski definition) is 4. The highest BCUT2D eigenvalue weighted by Crippen LogP contribution is 2.34. The van der Waals surface area contributed by atoms with E-state index in [1.807, 2.05) is 17.0 Å². The summed E-state index contributed by atoms with van der Waals surface area (Å²) in [4.78, 5) is 35.9. The van der Waals surface area contributed by atoms with Crippen LogP contribution >= 0.6 is 11.6 Å². The van der Waals surface area contributed by atoms with Gasteiger partial charge in [-0.15, -0.1) is 0 Å². The molecule has 9 heteroatoms. The van der Waals surface area contributed by atoms with E-state index in [1.165, 1.54) is 0 Å². The Balaban J connectivity index is 1.63. The third-order valence-electron chi connectivity index (χ3n) is 5.04. The van der Waals surface area contributed by atoms with Crippen molar-refractivity contribution < 1.29 is 24.6 Å². The van der Waals surface area contributed by atoms with Gasteiger partial charge in [0.15, 0.2) is 0 Å². The van der Waals surface area contributed by atoms with Crippen LogP contribution < -0.4 is 15.5 Å². The Kier molecular flexibility index (Phi) is 5.57. The number of anilines is 2. The second kappa shape index (κ2) is 7.74. The van der Waals surface area contributed by atoms with Gasteiger partial charge in [-0.2, -0.15) is 0 Å². The van der Waals surface area contributed by atoms with Gasteiger partial charge < -0.3 is 20.4 Å². The van der Waals surface area contributed by atoms with Gasteiger partial charge in [-0.3, -0.25) is 19.7 Å². The smallest absolute Gasteiger partial charge is 0.306 e. The maximum Gasteiger partial charge on any atom is 0.306 e. The lowest BCUT2D eigenvalue weighted by Gasteiger charge is -2.39. The van der Waals surface area contributed by atoms with Gasteiger partial charge in [0.2, 0.25) is 11.8 Å². The van der Waals surface area contributed by atoms with Crippen molar-refractivity contribution in [2.75, 3.05) is 23.3 Å². The molecule has 146 valence electrons. The molecular formula is C18H22ClN3O5. The second-order valence-corrected chi connectivity index (χ2v) is 7.50. The standard InChI is InChI=1S/C18H22ClN3O5/c19-12-9-11(20-13-2-4-15(23)21-17(13)26)1-3-14(12)22-7-5-18(27,6-8-22)10-16(24)25/h1,3,9,13,20,27H,2,4-8,10H2,(H,24,25)(H,21,23,26)/t13-/m1/s1. The molecule has 0 unspecified atom stereocenters. The van der Waals surface area contributed by atoms with Crippen LogP contribution in [0.3, 0.4) is 0 Å². The minimum atomic E-state index is -1.18. The predicted molar refractivity (Wildman–Crippen MR) is 99.9 cm³/mol. The fourth-order valence-electron chi connectivity index (χ4n) is 3.51. The Labute approximate surface area is 161 Å². The molecule has 0 aromatic heterocycles. The molecule has 2 amide bonds. The fraction of sp³-hybridized carbons (Fsp3) is 0.500. The third-order valence-corrected chi connectivity index (χ3v) is 5.35. The molecule has 2 fully saturated rings. The number of imide groups is 1. The van der Waals surface area contributed by atoms with Crippen LogP contribution in [0.2, 0.25) is 5.02 Å². The highest BCUT2D eigenvalue weighted by Gasteiger charge is 2.35. The van der Waals surface area contributed by atoms with Crippen LogP contribution in [0.25, 0.3) is 0 Å². The molecule has 27 heavy (non-hydrogen) atoms. The second-order valence-electron chi connectivity index (χ2n) is 7.10. The number of carbonyl (C=O) groups is 3. The highest BCUT2D eigenvalue weighted by molar-refractivity contribution is 6.33. The summed E-state index contributed by atoms with van der Waals surface area (Å²) < 4.78 is 0. The number of halogens is 1. The van der Waals surface area contributed by atoms with Crippen molar-refractivity contribution in [1.82, 2.24) is 5.32 Å². The first-order valence-corrected chi connectivity index (χ1v) is 9.22. The van der Waals surface area contributed by atoms with Crippen molar-refractivity contribution in [2.24, 2.45) is 0 Å². The van der Waals surface area contributed by atoms with Crippen LogP contribution in [0, 0.1) is 0 Å². The van der Waals surface area contributed by atoms with Crippen LogP contribution in [0.4, 0.5) is 11.4 Å². The number of carbonyl (C=O) groups excluding carboxylic acids is 2.